The minimum atomic E-state index is -1.14. The maximum atomic E-state index is 12.5. The molecule has 2 fully saturated rings. The third-order valence-corrected chi connectivity index (χ3v) is 5.37. The Morgan fingerprint density at radius 3 is 2.50 bits per heavy atom. The summed E-state index contributed by atoms with van der Waals surface area (Å²) < 4.78 is 0. The second-order valence-corrected chi connectivity index (χ2v) is 6.88. The van der Waals surface area contributed by atoms with Crippen LogP contribution in [0.4, 0.5) is 0 Å². The van der Waals surface area contributed by atoms with Gasteiger partial charge in [0.25, 0.3) is 5.91 Å². The van der Waals surface area contributed by atoms with E-state index in [1.54, 1.807) is 41.3 Å². The highest BCUT2D eigenvalue weighted by Gasteiger charge is 2.63. The van der Waals surface area contributed by atoms with Crippen LogP contribution in [0.25, 0.3) is 6.08 Å². The predicted molar refractivity (Wildman–Crippen MR) is 91.7 cm³/mol. The SMILES string of the molecule is CC(=O)N1CC2CC(/C=C/c3ccc(O)cc3)=C(C(=O)O)N3C(=O)C1[C@@H]23. The molecule has 3 aliphatic heterocycles. The van der Waals surface area contributed by atoms with Crippen molar-refractivity contribution in [2.75, 3.05) is 6.54 Å². The quantitative estimate of drug-likeness (QED) is 0.795. The zero-order chi connectivity index (χ0) is 18.6. The van der Waals surface area contributed by atoms with Gasteiger partial charge in [-0.3, -0.25) is 14.5 Å². The number of aromatic hydroxyl groups is 1. The van der Waals surface area contributed by atoms with Crippen LogP contribution in [0.1, 0.15) is 18.9 Å². The van der Waals surface area contributed by atoms with E-state index in [2.05, 4.69) is 0 Å². The molecular weight excluding hydrogens is 336 g/mol. The van der Waals surface area contributed by atoms with Crippen LogP contribution in [0.5, 0.6) is 5.75 Å². The average molecular weight is 354 g/mol. The van der Waals surface area contributed by atoms with Gasteiger partial charge < -0.3 is 15.1 Å². The van der Waals surface area contributed by atoms with E-state index in [1.165, 1.54) is 11.8 Å². The molecule has 2 N–H and O–H groups in total. The number of carboxylic acid groups (broad SMARTS) is 1. The van der Waals surface area contributed by atoms with E-state index in [4.69, 9.17) is 0 Å². The molecule has 4 rings (SSSR count). The first-order valence-corrected chi connectivity index (χ1v) is 8.42. The van der Waals surface area contributed by atoms with Crippen molar-refractivity contribution in [1.29, 1.82) is 0 Å². The highest BCUT2D eigenvalue weighted by atomic mass is 16.4. The van der Waals surface area contributed by atoms with E-state index in [1.807, 2.05) is 0 Å². The van der Waals surface area contributed by atoms with E-state index in [-0.39, 0.29) is 35.2 Å². The minimum Gasteiger partial charge on any atom is -0.508 e. The lowest BCUT2D eigenvalue weighted by molar-refractivity contribution is -0.159. The first-order valence-electron chi connectivity index (χ1n) is 8.42. The van der Waals surface area contributed by atoms with Crippen molar-refractivity contribution in [3.63, 3.8) is 0 Å². The fourth-order valence-electron chi connectivity index (χ4n) is 4.23. The number of allylic oxidation sites excluding steroid dienone is 2. The lowest BCUT2D eigenvalue weighted by Gasteiger charge is -2.49. The molecule has 2 amide bonds. The summed E-state index contributed by atoms with van der Waals surface area (Å²) in [6.07, 6.45) is 3.98. The van der Waals surface area contributed by atoms with Gasteiger partial charge in [-0.05, 0) is 29.7 Å². The van der Waals surface area contributed by atoms with Gasteiger partial charge in [0.05, 0.1) is 6.04 Å². The maximum absolute atomic E-state index is 12.5. The van der Waals surface area contributed by atoms with Gasteiger partial charge in [-0.15, -0.1) is 0 Å². The number of carbonyl (C=O) groups is 3. The lowest BCUT2D eigenvalue weighted by Crippen LogP contribution is -2.69. The summed E-state index contributed by atoms with van der Waals surface area (Å²) in [5.41, 5.74) is 1.39. The van der Waals surface area contributed by atoms with Crippen molar-refractivity contribution < 1.29 is 24.6 Å². The molecule has 0 radical (unpaired) electrons. The summed E-state index contributed by atoms with van der Waals surface area (Å²) in [7, 11) is 0. The van der Waals surface area contributed by atoms with E-state index >= 15 is 0 Å². The number of rotatable bonds is 3. The van der Waals surface area contributed by atoms with Crippen molar-refractivity contribution in [3.8, 4) is 5.75 Å². The fourth-order valence-corrected chi connectivity index (χ4v) is 4.23. The van der Waals surface area contributed by atoms with Crippen LogP contribution in [0.2, 0.25) is 0 Å². The highest BCUT2D eigenvalue weighted by Crippen LogP contribution is 2.47. The van der Waals surface area contributed by atoms with Gasteiger partial charge in [-0.25, -0.2) is 4.79 Å². The average Bonchev–Trinajstić information content (AvgIpc) is 2.96. The van der Waals surface area contributed by atoms with Gasteiger partial charge in [-0.2, -0.15) is 0 Å². The Balaban J connectivity index is 1.68. The Hall–Kier alpha value is -3.09. The predicted octanol–water partition coefficient (Wildman–Crippen LogP) is 1.21. The molecule has 3 heterocycles. The van der Waals surface area contributed by atoms with Crippen LogP contribution in [-0.2, 0) is 14.4 Å². The molecule has 0 aromatic heterocycles. The van der Waals surface area contributed by atoms with Crippen LogP contribution in [0, 0.1) is 5.92 Å². The third-order valence-electron chi connectivity index (χ3n) is 5.37. The van der Waals surface area contributed by atoms with Gasteiger partial charge in [0.2, 0.25) is 5.91 Å². The topological polar surface area (TPSA) is 98.2 Å². The largest absolute Gasteiger partial charge is 0.508 e. The summed E-state index contributed by atoms with van der Waals surface area (Å²) in [5.74, 6) is -1.41. The molecule has 26 heavy (non-hydrogen) atoms. The Bertz CT molecular complexity index is 870. The highest BCUT2D eigenvalue weighted by molar-refractivity contribution is 6.02. The number of carboxylic acids is 1. The normalized spacial score (nSPS) is 27.0. The molecule has 134 valence electrons. The molecule has 0 spiro atoms. The maximum Gasteiger partial charge on any atom is 0.352 e. The first kappa shape index (κ1) is 16.4. The molecule has 3 atom stereocenters. The number of carbonyl (C=O) groups excluding carboxylic acids is 2. The van der Waals surface area contributed by atoms with E-state index in [9.17, 15) is 24.6 Å². The Kier molecular flexibility index (Phi) is 3.61. The summed E-state index contributed by atoms with van der Waals surface area (Å²) in [5, 5.41) is 19.0. The second kappa shape index (κ2) is 5.72. The first-order chi connectivity index (χ1) is 12.4. The van der Waals surface area contributed by atoms with Crippen LogP contribution < -0.4 is 0 Å². The fraction of sp³-hybridized carbons (Fsp3) is 0.316. The number of hydrogen-bond donors (Lipinski definition) is 2. The number of aliphatic carboxylic acids is 1. The molecule has 1 aromatic carbocycles. The lowest BCUT2D eigenvalue weighted by atomic mass is 9.79. The van der Waals surface area contributed by atoms with Crippen molar-refractivity contribution in [2.45, 2.75) is 25.4 Å². The van der Waals surface area contributed by atoms with E-state index in [0.717, 1.165) is 5.56 Å². The van der Waals surface area contributed by atoms with Gasteiger partial charge >= 0.3 is 5.97 Å². The van der Waals surface area contributed by atoms with Crippen LogP contribution >= 0.6 is 0 Å². The Morgan fingerprint density at radius 1 is 1.19 bits per heavy atom. The van der Waals surface area contributed by atoms with Crippen LogP contribution in [0.15, 0.2) is 41.6 Å². The van der Waals surface area contributed by atoms with Crippen LogP contribution in [0.3, 0.4) is 0 Å². The molecule has 7 nitrogen and oxygen atoms in total. The summed E-state index contributed by atoms with van der Waals surface area (Å²) in [6, 6.07) is 5.78. The number of β-lactam (4-membered cyclic amide) rings is 1. The number of amides is 2. The van der Waals surface area contributed by atoms with Crippen molar-refractivity contribution >= 4 is 23.9 Å². The smallest absolute Gasteiger partial charge is 0.352 e. The monoisotopic (exact) mass is 354 g/mol. The number of nitrogens with zero attached hydrogens (tertiary/aromatic N) is 2. The van der Waals surface area contributed by atoms with Crippen molar-refractivity contribution in [1.82, 2.24) is 9.80 Å². The summed E-state index contributed by atoms with van der Waals surface area (Å²) >= 11 is 0. The van der Waals surface area contributed by atoms with Crippen LogP contribution in [-0.4, -0.2) is 56.4 Å². The molecule has 0 aliphatic carbocycles. The molecule has 2 saturated heterocycles. The molecule has 1 aromatic rings. The molecule has 7 heteroatoms. The molecule has 2 unspecified atom stereocenters. The standard InChI is InChI=1S/C19H18N2O5/c1-10(22)20-9-13-8-12(5-2-11-3-6-14(23)7-4-11)16(19(25)26)21-15(13)17(20)18(21)24/h2-7,13,15,17,23H,8-9H2,1H3,(H,25,26)/b5-2+/t13?,15-,17?/m1/s1. The van der Waals surface area contributed by atoms with E-state index in [0.29, 0.717) is 18.5 Å². The Labute approximate surface area is 149 Å². The van der Waals surface area contributed by atoms with Gasteiger partial charge in [0.1, 0.15) is 17.5 Å². The number of likely N-dealkylation sites (tertiary alicyclic amines) is 1. The molecule has 3 aliphatic rings. The zero-order valence-corrected chi connectivity index (χ0v) is 14.1. The number of benzene rings is 1. The number of hydrogen-bond acceptors (Lipinski definition) is 4. The third kappa shape index (κ3) is 2.31. The minimum absolute atomic E-state index is 0.00734. The summed E-state index contributed by atoms with van der Waals surface area (Å²) in [4.78, 5) is 39.0. The number of phenols is 1. The zero-order valence-electron chi connectivity index (χ0n) is 14.1. The summed E-state index contributed by atoms with van der Waals surface area (Å²) in [6.45, 7) is 1.90. The van der Waals surface area contributed by atoms with Gasteiger partial charge in [0, 0.05) is 19.4 Å². The molecular formula is C19H18N2O5. The molecule has 0 bridgehead atoms. The van der Waals surface area contributed by atoms with Gasteiger partial charge in [-0.1, -0.05) is 24.3 Å². The number of phenolic OH excluding ortho intramolecular Hbond substituents is 1. The van der Waals surface area contributed by atoms with Crippen molar-refractivity contribution in [2.24, 2.45) is 5.92 Å². The van der Waals surface area contributed by atoms with Gasteiger partial charge in [0.15, 0.2) is 0 Å². The second-order valence-electron chi connectivity index (χ2n) is 6.88. The molecule has 0 saturated carbocycles. The van der Waals surface area contributed by atoms with E-state index < -0.39 is 12.0 Å². The van der Waals surface area contributed by atoms with Crippen molar-refractivity contribution in [3.05, 3.63) is 47.2 Å². The Morgan fingerprint density at radius 2 is 1.88 bits per heavy atom.